The molecule has 228 valence electrons. The summed E-state index contributed by atoms with van der Waals surface area (Å²) in [4.78, 5) is 9.75. The van der Waals surface area contributed by atoms with Gasteiger partial charge in [0.25, 0.3) is 0 Å². The number of nitrogens with one attached hydrogen (secondary N) is 2. The second kappa shape index (κ2) is 3.60. The van der Waals surface area contributed by atoms with E-state index in [1.807, 2.05) is 0 Å². The third kappa shape index (κ3) is 0.590. The molecule has 4 saturated carbocycles. The fraction of sp³-hybridized carbons (Fsp3) is 1.00. The minimum atomic E-state index is -4.06. The molecule has 2 N–H and O–H groups in total. The first-order chi connectivity index (χ1) is 19.5. The Kier molecular flexibility index (Phi) is 2.02. The van der Waals surface area contributed by atoms with E-state index in [9.17, 15) is 0 Å². The number of fused-ring (bicyclic) bond motifs is 11. The summed E-state index contributed by atoms with van der Waals surface area (Å²) < 4.78 is 2.83. The summed E-state index contributed by atoms with van der Waals surface area (Å²) in [5, 5.41) is 9.31. The van der Waals surface area contributed by atoms with Crippen LogP contribution in [0.25, 0.3) is 0 Å². The van der Waals surface area contributed by atoms with E-state index in [1.54, 1.807) is 32.1 Å². The van der Waals surface area contributed by atoms with Crippen molar-refractivity contribution in [2.75, 3.05) is 19.3 Å². The van der Waals surface area contributed by atoms with Gasteiger partial charge in [0, 0.05) is 0 Å². The van der Waals surface area contributed by atoms with Crippen LogP contribution in [0.5, 0.6) is 0 Å². The van der Waals surface area contributed by atoms with E-state index in [0.717, 1.165) is 53.7 Å². The molecule has 4 aliphatic carbocycles. The van der Waals surface area contributed by atoms with Gasteiger partial charge in [-0.1, -0.05) is 0 Å². The molecule has 1 spiro atoms. The van der Waals surface area contributed by atoms with Crippen LogP contribution < -0.4 is 10.6 Å². The van der Waals surface area contributed by atoms with E-state index >= 15 is 0 Å². The summed E-state index contributed by atoms with van der Waals surface area (Å²) in [6.07, 6.45) is 18.7. The Morgan fingerprint density at radius 3 is 1.66 bits per heavy atom. The summed E-state index contributed by atoms with van der Waals surface area (Å²) in [6.45, 7) is 7.47. The predicted octanol–water partition coefficient (Wildman–Crippen LogP) is 8.58. The number of piperidine rings is 2. The van der Waals surface area contributed by atoms with Crippen molar-refractivity contribution in [3.05, 3.63) is 0 Å². The molecule has 12 aliphatic heterocycles. The molecule has 12 saturated heterocycles. The van der Waals surface area contributed by atoms with Gasteiger partial charge in [0.05, 0.1) is 0 Å². The van der Waals surface area contributed by atoms with E-state index in [4.69, 9.17) is 0 Å². The zero-order valence-corrected chi connectivity index (χ0v) is 30.3. The molecule has 0 aromatic heterocycles. The molecule has 2 nitrogen and oxygen atoms in total. The van der Waals surface area contributed by atoms with Crippen molar-refractivity contribution in [3.8, 4) is 0 Å². The molecule has 0 aromatic carbocycles. The van der Waals surface area contributed by atoms with Crippen LogP contribution in [0.15, 0.2) is 0 Å². The molecular weight excluding hydrogens is 594 g/mol. The van der Waals surface area contributed by atoms with Crippen LogP contribution >= 0.6 is 18.5 Å². The van der Waals surface area contributed by atoms with E-state index in [2.05, 4.69) is 48.8 Å². The average molecular weight is 651 g/mol. The molecule has 6 heteroatoms. The van der Waals surface area contributed by atoms with Crippen molar-refractivity contribution >= 4 is 26.6 Å². The summed E-state index contributed by atoms with van der Waals surface area (Å²) >= 11 is 0. The maximum absolute atomic E-state index is 4.42. The molecule has 12 heterocycles. The molecule has 41 heavy (non-hydrogen) atoms. The number of hydrogen-bond acceptors (Lipinski definition) is 2. The third-order valence-electron chi connectivity index (χ3n) is 26.1. The van der Waals surface area contributed by atoms with Crippen LogP contribution in [-0.4, -0.2) is 44.6 Å². The molecule has 9 atom stereocenters. The van der Waals surface area contributed by atoms with Crippen LogP contribution in [0.4, 0.5) is 0 Å². The van der Waals surface area contributed by atoms with Crippen molar-refractivity contribution in [1.82, 2.24) is 10.6 Å². The molecule has 4 bridgehead atoms. The van der Waals surface area contributed by atoms with Crippen LogP contribution in [0.3, 0.4) is 0 Å². The van der Waals surface area contributed by atoms with Crippen LogP contribution in [0, 0.1) is 29.1 Å². The van der Waals surface area contributed by atoms with Crippen molar-refractivity contribution in [1.29, 1.82) is 0 Å². The quantitative estimate of drug-likeness (QED) is 0.222. The Bertz CT molecular complexity index is 1750. The van der Waals surface area contributed by atoms with Gasteiger partial charge in [-0.05, 0) is 0 Å². The maximum atomic E-state index is 4.42. The van der Waals surface area contributed by atoms with Gasteiger partial charge in [0.2, 0.25) is 0 Å². The Balaban J connectivity index is 1.11. The Hall–Kier alpha value is 1.52. The Morgan fingerprint density at radius 2 is 1.27 bits per heavy atom. The van der Waals surface area contributed by atoms with E-state index in [1.165, 1.54) is 91.5 Å². The Labute approximate surface area is 244 Å². The molecular formula is C35H56FeN2P2Si. The second-order valence-electron chi connectivity index (χ2n) is 22.6. The van der Waals surface area contributed by atoms with Gasteiger partial charge in [-0.15, -0.1) is 0 Å². The first-order valence-electron chi connectivity index (χ1n) is 18.7. The molecule has 9 unspecified atom stereocenters. The standard InChI is InChI=1S/C30H51N2P2Si.C5H5.Fe/c1-35(2,3)24-17-25(29(19-33)22-13-20-12-21(15-22)16-23(29)14-20)26(18-24)30(34,27-8-4-6-10-31-27)28-9-5-7-11-32-28;1-2-4-5-3-1;/h17-18,20-23,27-28,31-32H,4-16,19,33-34H2,1-3H3;1-5H;. The van der Waals surface area contributed by atoms with E-state index < -0.39 is 14.6 Å². The monoisotopic (exact) mass is 650 g/mol. The first kappa shape index (κ1) is 22.9. The summed E-state index contributed by atoms with van der Waals surface area (Å²) in [5.41, 5.74) is 0.757. The van der Waals surface area contributed by atoms with E-state index in [-0.39, 0.29) is 0 Å². The van der Waals surface area contributed by atoms with Crippen LogP contribution in [0.1, 0.15) is 70.6 Å². The fourth-order valence-electron chi connectivity index (χ4n) is 29.9. The molecule has 0 amide bonds. The number of hydrogen-bond donors (Lipinski definition) is 2. The topological polar surface area (TPSA) is 24.1 Å². The van der Waals surface area contributed by atoms with Gasteiger partial charge in [-0.25, -0.2) is 0 Å². The molecule has 16 rings (SSSR count). The van der Waals surface area contributed by atoms with Crippen molar-refractivity contribution in [3.63, 3.8) is 0 Å². The van der Waals surface area contributed by atoms with Crippen molar-refractivity contribution in [2.24, 2.45) is 29.1 Å². The molecule has 16 fully saturated rings. The van der Waals surface area contributed by atoms with Crippen LogP contribution in [0.2, 0.25) is 65.9 Å². The van der Waals surface area contributed by atoms with E-state index in [0.29, 0.717) is 5.16 Å². The summed E-state index contributed by atoms with van der Waals surface area (Å²) in [7, 11) is 6.39. The van der Waals surface area contributed by atoms with Crippen molar-refractivity contribution < 1.29 is 6.51 Å². The predicted molar refractivity (Wildman–Crippen MR) is 175 cm³/mol. The zero-order valence-electron chi connectivity index (χ0n) is 25.9. The zero-order chi connectivity index (χ0) is 27.1. The second-order valence-corrected chi connectivity index (χ2v) is 52.6. The van der Waals surface area contributed by atoms with Crippen LogP contribution in [-0.2, 0) is 6.51 Å². The first-order valence-corrected chi connectivity index (χ1v) is 29.7. The Morgan fingerprint density at radius 1 is 0.756 bits per heavy atom. The van der Waals surface area contributed by atoms with Gasteiger partial charge < -0.3 is 0 Å². The normalized spacial score (nSPS) is 85.4. The third-order valence-corrected chi connectivity index (χ3v) is 81.1. The summed E-state index contributed by atoms with van der Waals surface area (Å²) in [6, 6.07) is 1.57. The average Bonchev–Trinajstić information content (AvgIpc) is 3.91. The number of rotatable bonds is 6. The van der Waals surface area contributed by atoms with Crippen molar-refractivity contribution in [2.45, 2.75) is 154 Å². The van der Waals surface area contributed by atoms with Gasteiger partial charge in [0.1, 0.15) is 0 Å². The molecule has 0 aromatic rings. The van der Waals surface area contributed by atoms with Gasteiger partial charge in [-0.2, -0.15) is 0 Å². The van der Waals surface area contributed by atoms with Gasteiger partial charge in [-0.3, -0.25) is 0 Å². The SMILES string of the molecule is C[Si](C)(C)[C]12[CH]3[C]4(C(P)(C5CCCCN5)C5CCCCN5)[C]5(C6(CP)C7CC8CC(C7)CC6C8)[CH]1[Fe]34521678[CH]2[CH]1[CH]6[CH]7[CH]28. The van der Waals surface area contributed by atoms with Gasteiger partial charge >= 0.3 is 246 Å². The van der Waals surface area contributed by atoms with Gasteiger partial charge in [0.15, 0.2) is 0 Å². The summed E-state index contributed by atoms with van der Waals surface area (Å²) in [5.74, 6) is 4.50. The molecule has 0 radical (unpaired) electrons. The minimum absolute atomic E-state index is 0.465. The molecule has 16 aliphatic rings. The fourth-order valence-corrected chi connectivity index (χ4v) is 142.